The number of hydrogen-bond donors (Lipinski definition) is 2. The molecular formula is C5H7F3N2O. The lowest BCUT2D eigenvalue weighted by molar-refractivity contribution is -0.0598. The first-order valence-corrected chi connectivity index (χ1v) is 2.58. The zero-order chi connectivity index (χ0) is 9.07. The molecule has 0 heterocycles. The summed E-state index contributed by atoms with van der Waals surface area (Å²) >= 11 is 0. The van der Waals surface area contributed by atoms with Crippen molar-refractivity contribution in [3.05, 3.63) is 12.0 Å². The number of aliphatic hydroxyl groups excluding tert-OH is 1. The normalized spacial score (nSPS) is 15.3. The monoisotopic (exact) mass is 168 g/mol. The first-order chi connectivity index (χ1) is 4.93. The number of nitrogens with two attached hydrogens (primary N) is 1. The average molecular weight is 168 g/mol. The van der Waals surface area contributed by atoms with Crippen LogP contribution in [0.2, 0.25) is 0 Å². The van der Waals surface area contributed by atoms with Gasteiger partial charge in [-0.15, -0.1) is 0 Å². The molecule has 0 aromatic carbocycles. The van der Waals surface area contributed by atoms with E-state index in [0.29, 0.717) is 6.20 Å². The lowest BCUT2D eigenvalue weighted by atomic mass is 10.3. The minimum Gasteiger partial charge on any atom is -0.504 e. The summed E-state index contributed by atoms with van der Waals surface area (Å²) in [4.78, 5) is 2.82. The van der Waals surface area contributed by atoms with Crippen molar-refractivity contribution in [2.75, 3.05) is 7.05 Å². The van der Waals surface area contributed by atoms with E-state index in [2.05, 4.69) is 10.7 Å². The summed E-state index contributed by atoms with van der Waals surface area (Å²) in [5.41, 5.74) is 3.28. The summed E-state index contributed by atoms with van der Waals surface area (Å²) in [5.74, 6) is -1.07. The molecule has 0 saturated carbocycles. The number of allylic oxidation sites excluding steroid dienone is 1. The highest BCUT2D eigenvalue weighted by atomic mass is 19.4. The molecule has 11 heavy (non-hydrogen) atoms. The molecule has 0 saturated heterocycles. The molecule has 0 bridgehead atoms. The fourth-order valence-corrected chi connectivity index (χ4v) is 0.465. The van der Waals surface area contributed by atoms with Gasteiger partial charge in [0.05, 0.1) is 0 Å². The molecule has 3 N–H and O–H groups in total. The van der Waals surface area contributed by atoms with Gasteiger partial charge in [0.1, 0.15) is 0 Å². The molecule has 0 aromatic rings. The lowest BCUT2D eigenvalue weighted by Crippen LogP contribution is -2.25. The predicted octanol–water partition coefficient (Wildman–Crippen LogP) is 0.978. The minimum absolute atomic E-state index is 0.440. The second-order valence-corrected chi connectivity index (χ2v) is 1.62. The molecule has 0 aliphatic carbocycles. The largest absolute Gasteiger partial charge is 0.504 e. The van der Waals surface area contributed by atoms with Crippen LogP contribution in [0.4, 0.5) is 13.2 Å². The number of aliphatic imine (C=N–C) groups is 1. The van der Waals surface area contributed by atoms with Crippen LogP contribution in [-0.4, -0.2) is 24.0 Å². The van der Waals surface area contributed by atoms with Crippen molar-refractivity contribution in [2.45, 2.75) is 6.18 Å². The topological polar surface area (TPSA) is 58.6 Å². The number of nitrogens with zero attached hydrogens (tertiary/aromatic N) is 1. The Morgan fingerprint density at radius 1 is 1.55 bits per heavy atom. The Bertz CT molecular complexity index is 194. The van der Waals surface area contributed by atoms with Gasteiger partial charge in [0, 0.05) is 13.2 Å². The van der Waals surface area contributed by atoms with Crippen molar-refractivity contribution in [3.63, 3.8) is 0 Å². The highest BCUT2D eigenvalue weighted by molar-refractivity contribution is 6.02. The lowest BCUT2D eigenvalue weighted by Gasteiger charge is -2.07. The minimum atomic E-state index is -4.66. The quantitative estimate of drug-likeness (QED) is 0.452. The van der Waals surface area contributed by atoms with Gasteiger partial charge in [-0.2, -0.15) is 13.2 Å². The number of rotatable bonds is 1. The third-order valence-corrected chi connectivity index (χ3v) is 0.893. The average Bonchev–Trinajstić information content (AvgIpc) is 1.86. The summed E-state index contributed by atoms with van der Waals surface area (Å²) in [6.45, 7) is 0. The fourth-order valence-electron chi connectivity index (χ4n) is 0.465. The smallest absolute Gasteiger partial charge is 0.436 e. The molecule has 0 unspecified atom stereocenters. The maximum Gasteiger partial charge on any atom is 0.436 e. The first-order valence-electron chi connectivity index (χ1n) is 2.58. The van der Waals surface area contributed by atoms with Crippen molar-refractivity contribution in [2.24, 2.45) is 10.7 Å². The van der Waals surface area contributed by atoms with Crippen LogP contribution in [0.5, 0.6) is 0 Å². The zero-order valence-electron chi connectivity index (χ0n) is 5.68. The van der Waals surface area contributed by atoms with Crippen LogP contribution in [0.1, 0.15) is 0 Å². The molecule has 3 nitrogen and oxygen atoms in total. The van der Waals surface area contributed by atoms with Gasteiger partial charge >= 0.3 is 6.18 Å². The Labute approximate surface area is 61.0 Å². The highest BCUT2D eigenvalue weighted by Gasteiger charge is 2.37. The summed E-state index contributed by atoms with van der Waals surface area (Å²) in [5, 5.41) is 8.54. The van der Waals surface area contributed by atoms with E-state index >= 15 is 0 Å². The highest BCUT2D eigenvalue weighted by Crippen LogP contribution is 2.20. The molecule has 64 valence electrons. The van der Waals surface area contributed by atoms with E-state index in [9.17, 15) is 13.2 Å². The first kappa shape index (κ1) is 9.80. The second-order valence-electron chi connectivity index (χ2n) is 1.62. The Morgan fingerprint density at radius 2 is 2.00 bits per heavy atom. The van der Waals surface area contributed by atoms with Crippen LogP contribution in [0.25, 0.3) is 0 Å². The predicted molar refractivity (Wildman–Crippen MR) is 34.3 cm³/mol. The maximum absolute atomic E-state index is 11.8. The summed E-state index contributed by atoms with van der Waals surface area (Å²) in [6, 6.07) is 0. The Kier molecular flexibility index (Phi) is 2.91. The van der Waals surface area contributed by atoms with Crippen LogP contribution in [0, 0.1) is 0 Å². The fraction of sp³-hybridized carbons (Fsp3) is 0.400. The van der Waals surface area contributed by atoms with Crippen LogP contribution >= 0.6 is 0 Å². The van der Waals surface area contributed by atoms with E-state index in [-0.39, 0.29) is 0 Å². The van der Waals surface area contributed by atoms with Gasteiger partial charge in [0.15, 0.2) is 11.5 Å². The SMILES string of the molecule is CN=C(/C(O)=C\N)C(F)(F)F. The molecule has 0 rings (SSSR count). The number of halogens is 3. The van der Waals surface area contributed by atoms with Crippen LogP contribution in [0.3, 0.4) is 0 Å². The molecule has 0 atom stereocenters. The number of aliphatic hydroxyl groups is 1. The summed E-state index contributed by atoms with van der Waals surface area (Å²) in [7, 11) is 0.919. The van der Waals surface area contributed by atoms with Gasteiger partial charge in [-0.3, -0.25) is 4.99 Å². The van der Waals surface area contributed by atoms with Gasteiger partial charge in [0.25, 0.3) is 0 Å². The van der Waals surface area contributed by atoms with E-state index < -0.39 is 17.6 Å². The zero-order valence-corrected chi connectivity index (χ0v) is 5.68. The van der Waals surface area contributed by atoms with Crippen LogP contribution in [0.15, 0.2) is 17.0 Å². The third kappa shape index (κ3) is 2.48. The van der Waals surface area contributed by atoms with E-state index in [1.807, 2.05) is 0 Å². The number of hydrogen-bond acceptors (Lipinski definition) is 3. The van der Waals surface area contributed by atoms with Crippen molar-refractivity contribution in [3.8, 4) is 0 Å². The molecule has 0 aliphatic heterocycles. The Morgan fingerprint density at radius 3 is 2.09 bits per heavy atom. The van der Waals surface area contributed by atoms with E-state index in [0.717, 1.165) is 7.05 Å². The van der Waals surface area contributed by atoms with Gasteiger partial charge in [0.2, 0.25) is 0 Å². The van der Waals surface area contributed by atoms with Crippen LogP contribution in [-0.2, 0) is 0 Å². The van der Waals surface area contributed by atoms with E-state index in [1.54, 1.807) is 0 Å². The van der Waals surface area contributed by atoms with E-state index in [4.69, 9.17) is 5.11 Å². The van der Waals surface area contributed by atoms with Crippen molar-refractivity contribution >= 4 is 5.71 Å². The maximum atomic E-state index is 11.8. The van der Waals surface area contributed by atoms with Gasteiger partial charge < -0.3 is 10.8 Å². The number of alkyl halides is 3. The van der Waals surface area contributed by atoms with Crippen molar-refractivity contribution in [1.82, 2.24) is 0 Å². The molecule has 0 spiro atoms. The molecule has 0 radical (unpaired) electrons. The molecule has 6 heteroatoms. The molecule has 0 aliphatic rings. The Balaban J connectivity index is 4.73. The standard InChI is InChI=1S/C5H7F3N2O/c1-10-4(3(11)2-9)5(6,7)8/h2,11H,9H2,1H3/b3-2+,10-4?. The third-order valence-electron chi connectivity index (χ3n) is 0.893. The van der Waals surface area contributed by atoms with Gasteiger partial charge in [-0.05, 0) is 0 Å². The molecule has 0 amide bonds. The second kappa shape index (κ2) is 3.27. The van der Waals surface area contributed by atoms with Gasteiger partial charge in [-0.25, -0.2) is 0 Å². The summed E-state index contributed by atoms with van der Waals surface area (Å²) in [6.07, 6.45) is -4.22. The Hall–Kier alpha value is -1.20. The van der Waals surface area contributed by atoms with Crippen molar-refractivity contribution in [1.29, 1.82) is 0 Å². The molecule has 0 aromatic heterocycles. The molecule has 0 fully saturated rings. The summed E-state index contributed by atoms with van der Waals surface area (Å²) < 4.78 is 35.3. The van der Waals surface area contributed by atoms with E-state index in [1.165, 1.54) is 0 Å². The molecular weight excluding hydrogens is 161 g/mol. The van der Waals surface area contributed by atoms with Crippen LogP contribution < -0.4 is 5.73 Å². The van der Waals surface area contributed by atoms with Gasteiger partial charge in [-0.1, -0.05) is 0 Å². The van der Waals surface area contributed by atoms with Crippen molar-refractivity contribution < 1.29 is 18.3 Å².